The van der Waals surface area contributed by atoms with Crippen LogP contribution in [-0.2, 0) is 17.8 Å². The van der Waals surface area contributed by atoms with E-state index in [0.717, 1.165) is 37.2 Å². The predicted octanol–water partition coefficient (Wildman–Crippen LogP) is 6.86. The normalized spacial score (nSPS) is 12.9. The summed E-state index contributed by atoms with van der Waals surface area (Å²) in [5.74, 6) is 1.83. The number of likely N-dealkylation sites (N-methyl/N-ethyl adjacent to an activating group) is 1. The number of nitrogens with one attached hydrogen (secondary N) is 2. The summed E-state index contributed by atoms with van der Waals surface area (Å²) < 4.78 is 1.42. The van der Waals surface area contributed by atoms with Gasteiger partial charge in [-0.3, -0.25) is 14.3 Å². The van der Waals surface area contributed by atoms with Gasteiger partial charge in [-0.2, -0.15) is 0 Å². The molecule has 0 bridgehead atoms. The average molecular weight is 592 g/mol. The van der Waals surface area contributed by atoms with Crippen molar-refractivity contribution in [3.8, 4) is 11.4 Å². The summed E-state index contributed by atoms with van der Waals surface area (Å²) >= 11 is 0. The van der Waals surface area contributed by atoms with E-state index in [2.05, 4.69) is 77.8 Å². The summed E-state index contributed by atoms with van der Waals surface area (Å²) in [6.45, 7) is 8.13. The minimum atomic E-state index is -0.222. The van der Waals surface area contributed by atoms with E-state index in [1.54, 1.807) is 6.20 Å². The van der Waals surface area contributed by atoms with E-state index in [-0.39, 0.29) is 12.1 Å². The van der Waals surface area contributed by atoms with Gasteiger partial charge in [-0.15, -0.1) is 0 Å². The molecular weight excluding hydrogens is 546 g/mol. The van der Waals surface area contributed by atoms with Crippen LogP contribution in [0.1, 0.15) is 74.1 Å². The summed E-state index contributed by atoms with van der Waals surface area (Å²) in [6, 6.07) is 20.4. The molecule has 0 atom stereocenters. The third-order valence-electron chi connectivity index (χ3n) is 7.69. The summed E-state index contributed by atoms with van der Waals surface area (Å²) in [5, 5.41) is 6.34. The summed E-state index contributed by atoms with van der Waals surface area (Å²) in [4.78, 5) is 32.5. The highest BCUT2D eigenvalue weighted by molar-refractivity contribution is 5.60. The van der Waals surface area contributed by atoms with Crippen LogP contribution in [0.2, 0.25) is 0 Å². The largest absolute Gasteiger partial charge is 0.379 e. The van der Waals surface area contributed by atoms with Gasteiger partial charge in [0.1, 0.15) is 17.8 Å². The molecule has 7 nitrogen and oxygen atoms in total. The van der Waals surface area contributed by atoms with Crippen LogP contribution in [0.25, 0.3) is 17.5 Å². The molecule has 7 heteroatoms. The fraction of sp³-hybridized carbons (Fsp3) is 0.351. The molecule has 0 spiro atoms. The number of anilines is 1. The van der Waals surface area contributed by atoms with Crippen molar-refractivity contribution >= 4 is 18.0 Å². The Morgan fingerprint density at radius 2 is 1.80 bits per heavy atom. The number of hydrogen-bond acceptors (Lipinski definition) is 6. The molecule has 1 aliphatic carbocycles. The predicted molar refractivity (Wildman–Crippen MR) is 181 cm³/mol. The molecule has 4 aromatic rings. The minimum absolute atomic E-state index is 0.0150. The number of pyridine rings is 1. The number of benzene rings is 2. The zero-order valence-electron chi connectivity index (χ0n) is 26.4. The summed E-state index contributed by atoms with van der Waals surface area (Å²) in [7, 11) is 1.96. The highest BCUT2D eigenvalue weighted by Crippen LogP contribution is 2.39. The van der Waals surface area contributed by atoms with Gasteiger partial charge in [-0.1, -0.05) is 80.1 Å². The quantitative estimate of drug-likeness (QED) is 0.130. The van der Waals surface area contributed by atoms with Gasteiger partial charge in [-0.05, 0) is 79.8 Å². The second-order valence-corrected chi connectivity index (χ2v) is 11.7. The smallest absolute Gasteiger partial charge is 0.277 e. The zero-order valence-corrected chi connectivity index (χ0v) is 26.4. The lowest BCUT2D eigenvalue weighted by atomic mass is 9.98. The van der Waals surface area contributed by atoms with Crippen molar-refractivity contribution in [1.82, 2.24) is 19.9 Å². The van der Waals surface area contributed by atoms with E-state index in [0.29, 0.717) is 24.0 Å². The molecule has 1 aliphatic rings. The zero-order chi connectivity index (χ0) is 31.3. The van der Waals surface area contributed by atoms with Crippen LogP contribution in [0.3, 0.4) is 0 Å². The Bertz CT molecular complexity index is 1570. The van der Waals surface area contributed by atoms with E-state index in [1.165, 1.54) is 45.2 Å². The van der Waals surface area contributed by atoms with Crippen LogP contribution in [0.15, 0.2) is 89.6 Å². The number of carbonyl (C=O) groups excluding carboxylic acids is 1. The molecular formula is C37H45N5O2. The van der Waals surface area contributed by atoms with Crippen LogP contribution in [-0.4, -0.2) is 41.0 Å². The van der Waals surface area contributed by atoms with Gasteiger partial charge in [0.05, 0.1) is 12.7 Å². The van der Waals surface area contributed by atoms with Crippen molar-refractivity contribution in [2.24, 2.45) is 0 Å². The van der Waals surface area contributed by atoms with Crippen LogP contribution in [0.5, 0.6) is 0 Å². The van der Waals surface area contributed by atoms with Gasteiger partial charge in [0.25, 0.3) is 5.56 Å². The van der Waals surface area contributed by atoms with Crippen molar-refractivity contribution in [2.45, 2.75) is 64.8 Å². The molecule has 0 amide bonds. The second-order valence-electron chi connectivity index (χ2n) is 11.7. The van der Waals surface area contributed by atoms with E-state index in [9.17, 15) is 9.59 Å². The van der Waals surface area contributed by atoms with Gasteiger partial charge in [0.2, 0.25) is 0 Å². The fourth-order valence-corrected chi connectivity index (χ4v) is 5.22. The molecule has 44 heavy (non-hydrogen) atoms. The topological polar surface area (TPSA) is 88.9 Å². The first kappa shape index (κ1) is 32.6. The first-order chi connectivity index (χ1) is 21.4. The number of aryl methyl sites for hydroxylation is 1. The third kappa shape index (κ3) is 9.32. The van der Waals surface area contributed by atoms with E-state index >= 15 is 0 Å². The molecule has 2 N–H and O–H groups in total. The molecule has 1 fully saturated rings. The van der Waals surface area contributed by atoms with Crippen LogP contribution < -0.4 is 16.2 Å². The molecule has 0 saturated heterocycles. The van der Waals surface area contributed by atoms with Gasteiger partial charge < -0.3 is 15.4 Å². The molecule has 2 heterocycles. The van der Waals surface area contributed by atoms with Crippen molar-refractivity contribution in [3.63, 3.8) is 0 Å². The van der Waals surface area contributed by atoms with Gasteiger partial charge >= 0.3 is 0 Å². The first-order valence-electron chi connectivity index (χ1n) is 15.6. The molecule has 1 saturated carbocycles. The van der Waals surface area contributed by atoms with Crippen molar-refractivity contribution in [3.05, 3.63) is 117 Å². The standard InChI is InChI=1S/C24H25N3O2.C13H20N2/c28-16-15-27-23(21-6-2-1-3-7-21)26-17-22(24(27)29)25-14-4-5-18-8-10-19(11-9-18)20-12-13-20;1-10(2)13-5-6-15-9-12(13)7-11(3)8-14-4/h1-3,6-11,16-17,20,25H,4-5,12-15H2;5-7,9-10,14H,8H2,1-4H3/b;11-7+. The van der Waals surface area contributed by atoms with Gasteiger partial charge in [-0.25, -0.2) is 4.98 Å². The maximum absolute atomic E-state index is 12.8. The summed E-state index contributed by atoms with van der Waals surface area (Å²) in [6.07, 6.45) is 12.8. The highest BCUT2D eigenvalue weighted by atomic mass is 16.1. The lowest BCUT2D eigenvalue weighted by Crippen LogP contribution is -2.27. The van der Waals surface area contributed by atoms with E-state index < -0.39 is 0 Å². The van der Waals surface area contributed by atoms with Crippen molar-refractivity contribution in [2.75, 3.05) is 25.5 Å². The van der Waals surface area contributed by atoms with Gasteiger partial charge in [0, 0.05) is 31.0 Å². The monoisotopic (exact) mass is 591 g/mol. The average Bonchev–Trinajstić information content (AvgIpc) is 3.88. The highest BCUT2D eigenvalue weighted by Gasteiger charge is 2.22. The molecule has 0 unspecified atom stereocenters. The van der Waals surface area contributed by atoms with Crippen LogP contribution in [0.4, 0.5) is 5.69 Å². The van der Waals surface area contributed by atoms with E-state index in [1.807, 2.05) is 49.8 Å². The Morgan fingerprint density at radius 1 is 1.05 bits per heavy atom. The number of carbonyl (C=O) groups is 1. The lowest BCUT2D eigenvalue weighted by Gasteiger charge is -2.12. The number of rotatable bonds is 13. The Labute approximate surface area is 261 Å². The lowest BCUT2D eigenvalue weighted by molar-refractivity contribution is -0.108. The fourth-order valence-electron chi connectivity index (χ4n) is 5.22. The second kappa shape index (κ2) is 16.5. The van der Waals surface area contributed by atoms with Crippen molar-refractivity contribution < 1.29 is 4.79 Å². The molecule has 2 aromatic heterocycles. The minimum Gasteiger partial charge on any atom is -0.379 e. The summed E-state index contributed by atoms with van der Waals surface area (Å²) in [5.41, 5.74) is 7.70. The Balaban J connectivity index is 0.000000249. The molecule has 5 rings (SSSR count). The van der Waals surface area contributed by atoms with E-state index in [4.69, 9.17) is 0 Å². The maximum Gasteiger partial charge on any atom is 0.277 e. The van der Waals surface area contributed by atoms with Gasteiger partial charge in [0.15, 0.2) is 0 Å². The number of hydrogen-bond donors (Lipinski definition) is 2. The number of aldehydes is 1. The molecule has 0 radical (unpaired) electrons. The maximum atomic E-state index is 12.8. The van der Waals surface area contributed by atoms with Crippen LogP contribution >= 0.6 is 0 Å². The third-order valence-corrected chi connectivity index (χ3v) is 7.69. The molecule has 0 aliphatic heterocycles. The van der Waals surface area contributed by atoms with Crippen LogP contribution in [0, 0.1) is 0 Å². The Kier molecular flexibility index (Phi) is 12.2. The SMILES string of the molecule is CNC/C(C)=C/c1cnccc1C(C)C.O=CCn1c(-c2ccccc2)ncc(NCCCc2ccc(C3CC3)cc2)c1=O. The number of nitrogens with zero attached hydrogens (tertiary/aromatic N) is 3. The number of aromatic nitrogens is 3. The van der Waals surface area contributed by atoms with Crippen molar-refractivity contribution in [1.29, 1.82) is 0 Å². The first-order valence-corrected chi connectivity index (χ1v) is 15.6. The Morgan fingerprint density at radius 3 is 2.45 bits per heavy atom. The Hall–Kier alpha value is -4.36. The molecule has 2 aromatic carbocycles. The molecule has 230 valence electrons.